The lowest BCUT2D eigenvalue weighted by Gasteiger charge is -2.36. The van der Waals surface area contributed by atoms with Crippen molar-refractivity contribution < 1.29 is 23.0 Å². The topological polar surface area (TPSA) is 59.6 Å². The number of amides is 1. The number of nitrogens with one attached hydrogen (secondary N) is 2. The van der Waals surface area contributed by atoms with Gasteiger partial charge in [0.25, 0.3) is 6.43 Å². The van der Waals surface area contributed by atoms with Gasteiger partial charge >= 0.3 is 6.09 Å². The maximum absolute atomic E-state index is 11.8. The molecule has 0 bridgehead atoms. The molecule has 20 heavy (non-hydrogen) atoms. The summed E-state index contributed by atoms with van der Waals surface area (Å²) in [5.74, 6) is 0. The van der Waals surface area contributed by atoms with E-state index in [-0.39, 0.29) is 12.6 Å². The Balaban J connectivity index is 1.99. The van der Waals surface area contributed by atoms with Crippen LogP contribution in [0.25, 0.3) is 0 Å². The molecular weight excluding hydrogens is 270 g/mol. The quantitative estimate of drug-likeness (QED) is 0.704. The van der Waals surface area contributed by atoms with Gasteiger partial charge in [-0.25, -0.2) is 13.6 Å². The fraction of sp³-hybridized carbons (Fsp3) is 0.923. The third-order valence-electron chi connectivity index (χ3n) is 2.78. The Bertz CT molecular complexity index is 302. The van der Waals surface area contributed by atoms with Crippen LogP contribution in [0.3, 0.4) is 0 Å². The highest BCUT2D eigenvalue weighted by atomic mass is 19.3. The number of ether oxygens (including phenoxy) is 2. The summed E-state index contributed by atoms with van der Waals surface area (Å²) >= 11 is 0. The van der Waals surface area contributed by atoms with Crippen molar-refractivity contribution in [2.24, 2.45) is 0 Å². The highest BCUT2D eigenvalue weighted by Gasteiger charge is 2.31. The molecule has 1 fully saturated rings. The molecule has 5 nitrogen and oxygen atoms in total. The summed E-state index contributed by atoms with van der Waals surface area (Å²) in [5.41, 5.74) is -0.493. The second kappa shape index (κ2) is 7.73. The predicted molar refractivity (Wildman–Crippen MR) is 71.0 cm³/mol. The number of carbonyl (C=O) groups excluding carboxylic acids is 1. The molecule has 1 amide bonds. The van der Waals surface area contributed by atoms with Crippen molar-refractivity contribution in [1.29, 1.82) is 0 Å². The lowest BCUT2D eigenvalue weighted by molar-refractivity contribution is 0.0171. The molecule has 1 aliphatic rings. The molecule has 2 N–H and O–H groups in total. The first-order chi connectivity index (χ1) is 9.26. The zero-order chi connectivity index (χ0) is 15.2. The van der Waals surface area contributed by atoms with Gasteiger partial charge in [-0.05, 0) is 33.6 Å². The van der Waals surface area contributed by atoms with E-state index in [0.717, 1.165) is 12.8 Å². The van der Waals surface area contributed by atoms with Crippen molar-refractivity contribution in [3.63, 3.8) is 0 Å². The average Bonchev–Trinajstić information content (AvgIpc) is 2.21. The molecule has 118 valence electrons. The standard InChI is InChI=1S/C13H24F2N2O3/c1-13(2,3)20-12(18)17-10-6-9(7-10)16-4-5-19-8-11(14)15/h9-11,16H,4-8H2,1-3H3,(H,17,18). The maximum Gasteiger partial charge on any atom is 0.407 e. The molecule has 0 radical (unpaired) electrons. The number of rotatable bonds is 7. The van der Waals surface area contributed by atoms with E-state index in [1.165, 1.54) is 0 Å². The zero-order valence-electron chi connectivity index (χ0n) is 12.2. The van der Waals surface area contributed by atoms with Gasteiger partial charge in [0.1, 0.15) is 12.2 Å². The zero-order valence-corrected chi connectivity index (χ0v) is 12.2. The van der Waals surface area contributed by atoms with Crippen LogP contribution in [0.15, 0.2) is 0 Å². The van der Waals surface area contributed by atoms with E-state index in [1.807, 2.05) is 20.8 Å². The van der Waals surface area contributed by atoms with Crippen LogP contribution in [0.2, 0.25) is 0 Å². The van der Waals surface area contributed by atoms with Crippen LogP contribution in [-0.4, -0.2) is 50.0 Å². The number of hydrogen-bond donors (Lipinski definition) is 2. The summed E-state index contributed by atoms with van der Waals surface area (Å²) in [6, 6.07) is 0.411. The molecule has 0 atom stereocenters. The van der Waals surface area contributed by atoms with E-state index in [0.29, 0.717) is 12.6 Å². The molecule has 0 aromatic heterocycles. The Morgan fingerprint density at radius 2 is 1.95 bits per heavy atom. The largest absolute Gasteiger partial charge is 0.444 e. The van der Waals surface area contributed by atoms with E-state index in [1.54, 1.807) is 0 Å². The molecule has 1 saturated carbocycles. The molecule has 0 heterocycles. The third kappa shape index (κ3) is 7.59. The van der Waals surface area contributed by atoms with Crippen LogP contribution >= 0.6 is 0 Å². The van der Waals surface area contributed by atoms with E-state index in [9.17, 15) is 13.6 Å². The van der Waals surface area contributed by atoms with Crippen LogP contribution in [0, 0.1) is 0 Å². The Kier molecular flexibility index (Phi) is 6.61. The lowest BCUT2D eigenvalue weighted by atomic mass is 9.87. The Labute approximate surface area is 118 Å². The highest BCUT2D eigenvalue weighted by Crippen LogP contribution is 2.20. The minimum atomic E-state index is -2.42. The summed E-state index contributed by atoms with van der Waals surface area (Å²) < 4.78 is 33.5. The van der Waals surface area contributed by atoms with Crippen LogP contribution < -0.4 is 10.6 Å². The maximum atomic E-state index is 11.8. The Morgan fingerprint density at radius 1 is 1.30 bits per heavy atom. The SMILES string of the molecule is CC(C)(C)OC(=O)NC1CC(NCCOCC(F)F)C1. The van der Waals surface area contributed by atoms with Gasteiger partial charge in [0, 0.05) is 18.6 Å². The lowest BCUT2D eigenvalue weighted by Crippen LogP contribution is -2.53. The van der Waals surface area contributed by atoms with Crippen molar-refractivity contribution in [1.82, 2.24) is 10.6 Å². The molecule has 0 aromatic rings. The first kappa shape index (κ1) is 17.1. The monoisotopic (exact) mass is 294 g/mol. The second-order valence-corrected chi connectivity index (χ2v) is 5.93. The summed E-state index contributed by atoms with van der Waals surface area (Å²) in [5, 5.41) is 5.97. The van der Waals surface area contributed by atoms with Crippen molar-refractivity contribution in [3.05, 3.63) is 0 Å². The van der Waals surface area contributed by atoms with Gasteiger partial charge in [0.15, 0.2) is 0 Å². The van der Waals surface area contributed by atoms with Crippen molar-refractivity contribution in [3.8, 4) is 0 Å². The molecule has 1 rings (SSSR count). The first-order valence-corrected chi connectivity index (χ1v) is 6.85. The number of alkyl carbamates (subject to hydrolysis) is 1. The van der Waals surface area contributed by atoms with Crippen molar-refractivity contribution in [2.45, 2.75) is 57.7 Å². The number of halogens is 2. The van der Waals surface area contributed by atoms with Gasteiger partial charge in [0.05, 0.1) is 6.61 Å². The van der Waals surface area contributed by atoms with E-state index >= 15 is 0 Å². The summed E-state index contributed by atoms with van der Waals surface area (Å²) in [7, 11) is 0. The number of carbonyl (C=O) groups is 1. The summed E-state index contributed by atoms with van der Waals surface area (Å²) in [6.07, 6.45) is -1.19. The molecule has 0 saturated heterocycles. The van der Waals surface area contributed by atoms with Gasteiger partial charge in [-0.1, -0.05) is 0 Å². The van der Waals surface area contributed by atoms with Crippen LogP contribution in [0.5, 0.6) is 0 Å². The predicted octanol–water partition coefficient (Wildman–Crippen LogP) is 1.91. The van der Waals surface area contributed by atoms with Gasteiger partial charge in [-0.15, -0.1) is 0 Å². The van der Waals surface area contributed by atoms with E-state index in [2.05, 4.69) is 10.6 Å². The van der Waals surface area contributed by atoms with E-state index in [4.69, 9.17) is 9.47 Å². The van der Waals surface area contributed by atoms with Crippen LogP contribution in [-0.2, 0) is 9.47 Å². The second-order valence-electron chi connectivity index (χ2n) is 5.93. The van der Waals surface area contributed by atoms with Crippen LogP contribution in [0.4, 0.5) is 13.6 Å². The normalized spacial score (nSPS) is 22.5. The molecule has 0 aliphatic heterocycles. The smallest absolute Gasteiger partial charge is 0.407 e. The van der Waals surface area contributed by atoms with Gasteiger partial charge < -0.3 is 20.1 Å². The van der Waals surface area contributed by atoms with E-state index < -0.39 is 24.7 Å². The van der Waals surface area contributed by atoms with Crippen molar-refractivity contribution in [2.75, 3.05) is 19.8 Å². The molecular formula is C13H24F2N2O3. The van der Waals surface area contributed by atoms with Crippen molar-refractivity contribution >= 4 is 6.09 Å². The Morgan fingerprint density at radius 3 is 2.50 bits per heavy atom. The third-order valence-corrected chi connectivity index (χ3v) is 2.78. The van der Waals surface area contributed by atoms with Gasteiger partial charge in [-0.2, -0.15) is 0 Å². The summed E-state index contributed by atoms with van der Waals surface area (Å²) in [6.45, 7) is 5.74. The van der Waals surface area contributed by atoms with Gasteiger partial charge in [0.2, 0.25) is 0 Å². The number of hydrogen-bond acceptors (Lipinski definition) is 4. The summed E-state index contributed by atoms with van der Waals surface area (Å²) in [4.78, 5) is 11.5. The minimum Gasteiger partial charge on any atom is -0.444 e. The van der Waals surface area contributed by atoms with Crippen LogP contribution in [0.1, 0.15) is 33.6 Å². The first-order valence-electron chi connectivity index (χ1n) is 6.85. The minimum absolute atomic E-state index is 0.115. The average molecular weight is 294 g/mol. The number of alkyl halides is 2. The Hall–Kier alpha value is -0.950. The fourth-order valence-corrected chi connectivity index (χ4v) is 1.88. The highest BCUT2D eigenvalue weighted by molar-refractivity contribution is 5.68. The fourth-order valence-electron chi connectivity index (χ4n) is 1.88. The molecule has 0 aromatic carbocycles. The molecule has 1 aliphatic carbocycles. The van der Waals surface area contributed by atoms with Gasteiger partial charge in [-0.3, -0.25) is 0 Å². The molecule has 7 heteroatoms. The molecule has 0 unspecified atom stereocenters. The molecule has 0 spiro atoms.